The molecule has 1 amide bonds. The number of nitrogens with one attached hydrogen (secondary N) is 1. The second kappa shape index (κ2) is 11.9. The van der Waals surface area contributed by atoms with E-state index in [1.54, 1.807) is 55.5 Å². The third-order valence-electron chi connectivity index (χ3n) is 4.54. The lowest BCUT2D eigenvalue weighted by molar-refractivity contribution is -0.112. The monoisotopic (exact) mass is 562 g/mol. The fourth-order valence-electron chi connectivity index (χ4n) is 2.94. The van der Waals surface area contributed by atoms with Crippen LogP contribution < -0.4 is 14.8 Å². The van der Waals surface area contributed by atoms with E-state index in [-0.39, 0.29) is 33.7 Å². The number of ether oxygens (including phenoxy) is 2. The zero-order valence-corrected chi connectivity index (χ0v) is 21.0. The van der Waals surface area contributed by atoms with Gasteiger partial charge in [-0.15, -0.1) is 0 Å². The van der Waals surface area contributed by atoms with Crippen LogP contribution in [-0.4, -0.2) is 12.5 Å². The quantitative estimate of drug-likeness (QED) is 0.229. The minimum Gasteiger partial charge on any atom is -0.490 e. The van der Waals surface area contributed by atoms with Gasteiger partial charge in [0.25, 0.3) is 5.91 Å². The Morgan fingerprint density at radius 1 is 1.18 bits per heavy atom. The number of anilines is 1. The molecule has 1 N–H and O–H groups in total. The maximum atomic E-state index is 14.0. The maximum Gasteiger partial charge on any atom is 0.266 e. The largest absolute Gasteiger partial charge is 0.490 e. The minimum atomic E-state index is -0.652. The van der Waals surface area contributed by atoms with Gasteiger partial charge in [0, 0.05) is 5.56 Å². The number of hydrogen-bond acceptors (Lipinski definition) is 4. The Kier molecular flexibility index (Phi) is 8.94. The summed E-state index contributed by atoms with van der Waals surface area (Å²) < 4.78 is 26.0. The lowest BCUT2D eigenvalue weighted by atomic mass is 10.1. The third kappa shape index (κ3) is 6.29. The molecule has 9 heteroatoms. The van der Waals surface area contributed by atoms with Gasteiger partial charge in [-0.25, -0.2) is 4.39 Å². The molecule has 34 heavy (non-hydrogen) atoms. The van der Waals surface area contributed by atoms with Crippen molar-refractivity contribution in [2.75, 3.05) is 11.9 Å². The lowest BCUT2D eigenvalue weighted by Crippen LogP contribution is -2.13. The van der Waals surface area contributed by atoms with Crippen molar-refractivity contribution in [3.63, 3.8) is 0 Å². The van der Waals surface area contributed by atoms with Gasteiger partial charge in [-0.1, -0.05) is 47.5 Å². The van der Waals surface area contributed by atoms with E-state index in [0.29, 0.717) is 33.7 Å². The molecule has 0 unspecified atom stereocenters. The van der Waals surface area contributed by atoms with Crippen molar-refractivity contribution in [1.82, 2.24) is 0 Å². The van der Waals surface area contributed by atoms with Crippen LogP contribution in [0.25, 0.3) is 6.08 Å². The van der Waals surface area contributed by atoms with E-state index in [4.69, 9.17) is 32.7 Å². The SMILES string of the molecule is CCOc1cc(/C=C(\C#N)C(=O)Nc2cccc(Cl)c2Cl)cc(Br)c1OCc1ccccc1F. The van der Waals surface area contributed by atoms with E-state index >= 15 is 0 Å². The summed E-state index contributed by atoms with van der Waals surface area (Å²) in [5.41, 5.74) is 1.03. The number of halogens is 4. The Hall–Kier alpha value is -3.05. The van der Waals surface area contributed by atoms with Crippen LogP contribution in [0.1, 0.15) is 18.1 Å². The summed E-state index contributed by atoms with van der Waals surface area (Å²) in [5, 5.41) is 12.6. The molecule has 0 heterocycles. The molecule has 0 aliphatic carbocycles. The van der Waals surface area contributed by atoms with Crippen molar-refractivity contribution in [1.29, 1.82) is 5.26 Å². The number of nitrogens with zero attached hydrogens (tertiary/aromatic N) is 1. The van der Waals surface area contributed by atoms with Crippen LogP contribution in [0, 0.1) is 17.1 Å². The number of amides is 1. The zero-order chi connectivity index (χ0) is 24.7. The van der Waals surface area contributed by atoms with Gasteiger partial charge in [0.2, 0.25) is 0 Å². The summed E-state index contributed by atoms with van der Waals surface area (Å²) in [5.74, 6) is -0.285. The first-order valence-corrected chi connectivity index (χ1v) is 11.6. The third-order valence-corrected chi connectivity index (χ3v) is 5.95. The van der Waals surface area contributed by atoms with E-state index in [1.165, 1.54) is 12.1 Å². The standard InChI is InChI=1S/C25H18BrCl2FN2O3/c1-2-33-22-12-15(11-18(26)24(22)34-14-16-6-3-4-8-20(16)29)10-17(13-30)25(32)31-21-9-5-7-19(27)23(21)28/h3-12H,2,14H2,1H3,(H,31,32)/b17-10+. The van der Waals surface area contributed by atoms with E-state index in [1.807, 2.05) is 6.07 Å². The Labute approximate surface area is 214 Å². The van der Waals surface area contributed by atoms with E-state index in [9.17, 15) is 14.4 Å². The van der Waals surface area contributed by atoms with Crippen LogP contribution in [0.2, 0.25) is 10.0 Å². The molecule has 0 aliphatic rings. The highest BCUT2D eigenvalue weighted by Gasteiger charge is 2.16. The summed E-state index contributed by atoms with van der Waals surface area (Å²) in [6.07, 6.45) is 1.40. The van der Waals surface area contributed by atoms with Crippen molar-refractivity contribution >= 4 is 56.8 Å². The van der Waals surface area contributed by atoms with Crippen molar-refractivity contribution in [3.05, 3.63) is 91.6 Å². The van der Waals surface area contributed by atoms with Crippen LogP contribution >= 0.6 is 39.1 Å². The van der Waals surface area contributed by atoms with Crippen LogP contribution in [0.3, 0.4) is 0 Å². The Balaban J connectivity index is 1.87. The van der Waals surface area contributed by atoms with Crippen LogP contribution in [-0.2, 0) is 11.4 Å². The highest BCUT2D eigenvalue weighted by atomic mass is 79.9. The minimum absolute atomic E-state index is 0.00716. The van der Waals surface area contributed by atoms with E-state index < -0.39 is 5.91 Å². The molecular weight excluding hydrogens is 546 g/mol. The Morgan fingerprint density at radius 2 is 1.94 bits per heavy atom. The average molecular weight is 564 g/mol. The highest BCUT2D eigenvalue weighted by Crippen LogP contribution is 2.38. The maximum absolute atomic E-state index is 14.0. The van der Waals surface area contributed by atoms with Crippen molar-refractivity contribution < 1.29 is 18.7 Å². The number of rotatable bonds is 8. The molecule has 0 fully saturated rings. The number of benzene rings is 3. The average Bonchev–Trinajstić information content (AvgIpc) is 2.81. The number of carbonyl (C=O) groups excluding carboxylic acids is 1. The normalized spacial score (nSPS) is 11.0. The van der Waals surface area contributed by atoms with Crippen LogP contribution in [0.15, 0.2) is 64.6 Å². The Bertz CT molecular complexity index is 1290. The molecular formula is C25H18BrCl2FN2O3. The van der Waals surface area contributed by atoms with Gasteiger partial charge >= 0.3 is 0 Å². The highest BCUT2D eigenvalue weighted by molar-refractivity contribution is 9.10. The molecule has 3 rings (SSSR count). The molecule has 3 aromatic rings. The van der Waals surface area contributed by atoms with E-state index in [2.05, 4.69) is 21.2 Å². The first-order valence-electron chi connectivity index (χ1n) is 10.0. The summed E-state index contributed by atoms with van der Waals surface area (Å²) in [7, 11) is 0. The van der Waals surface area contributed by atoms with Crippen molar-refractivity contribution in [2.24, 2.45) is 0 Å². The summed E-state index contributed by atoms with van der Waals surface area (Å²) >= 11 is 15.5. The van der Waals surface area contributed by atoms with Crippen LogP contribution in [0.4, 0.5) is 10.1 Å². The summed E-state index contributed by atoms with van der Waals surface area (Å²) in [6, 6.07) is 16.3. The smallest absolute Gasteiger partial charge is 0.266 e. The lowest BCUT2D eigenvalue weighted by Gasteiger charge is -2.15. The van der Waals surface area contributed by atoms with Gasteiger partial charge in [-0.2, -0.15) is 5.26 Å². The van der Waals surface area contributed by atoms with Crippen molar-refractivity contribution in [2.45, 2.75) is 13.5 Å². The molecule has 0 aromatic heterocycles. The first-order chi connectivity index (χ1) is 16.3. The van der Waals surface area contributed by atoms with E-state index in [0.717, 1.165) is 0 Å². The second-order valence-corrected chi connectivity index (χ2v) is 8.51. The van der Waals surface area contributed by atoms with Crippen molar-refractivity contribution in [3.8, 4) is 17.6 Å². The first kappa shape index (κ1) is 25.6. The fraction of sp³-hybridized carbons (Fsp3) is 0.120. The topological polar surface area (TPSA) is 71.3 Å². The number of carbonyl (C=O) groups is 1. The van der Waals surface area contributed by atoms with Gasteiger partial charge in [0.15, 0.2) is 11.5 Å². The molecule has 5 nitrogen and oxygen atoms in total. The predicted molar refractivity (Wildman–Crippen MR) is 135 cm³/mol. The molecule has 3 aromatic carbocycles. The number of nitriles is 1. The zero-order valence-electron chi connectivity index (χ0n) is 17.9. The predicted octanol–water partition coefficient (Wildman–Crippen LogP) is 7.42. The molecule has 0 saturated carbocycles. The molecule has 0 spiro atoms. The molecule has 0 radical (unpaired) electrons. The van der Waals surface area contributed by atoms with Gasteiger partial charge in [-0.3, -0.25) is 4.79 Å². The molecule has 174 valence electrons. The van der Waals surface area contributed by atoms with Gasteiger partial charge < -0.3 is 14.8 Å². The summed E-state index contributed by atoms with van der Waals surface area (Å²) in [4.78, 5) is 12.7. The molecule has 0 aliphatic heterocycles. The fourth-order valence-corrected chi connectivity index (χ4v) is 3.87. The summed E-state index contributed by atoms with van der Waals surface area (Å²) in [6.45, 7) is 2.14. The second-order valence-electron chi connectivity index (χ2n) is 6.87. The van der Waals surface area contributed by atoms with Crippen LogP contribution in [0.5, 0.6) is 11.5 Å². The molecule has 0 atom stereocenters. The van der Waals surface area contributed by atoms with Gasteiger partial charge in [-0.05, 0) is 64.8 Å². The molecule has 0 saturated heterocycles. The molecule has 0 bridgehead atoms. The Morgan fingerprint density at radius 3 is 2.65 bits per heavy atom. The van der Waals surface area contributed by atoms with Gasteiger partial charge in [0.05, 0.1) is 26.8 Å². The number of hydrogen-bond donors (Lipinski definition) is 1. The van der Waals surface area contributed by atoms with Gasteiger partial charge in [0.1, 0.15) is 24.1 Å².